The topological polar surface area (TPSA) is 26.0 Å². The summed E-state index contributed by atoms with van der Waals surface area (Å²) in [7, 11) is 0. The Morgan fingerprint density at radius 2 is 1.88 bits per heavy atom. The normalized spacial score (nSPS) is 13.1. The van der Waals surface area contributed by atoms with Gasteiger partial charge in [-0.1, -0.05) is 23.7 Å². The highest BCUT2D eigenvalue weighted by Crippen LogP contribution is 2.30. The highest BCUT2D eigenvalue weighted by atomic mass is 35.5. The molecule has 1 atom stereocenters. The van der Waals surface area contributed by atoms with Gasteiger partial charge in [-0.15, -0.1) is 12.4 Å². The molecule has 0 aliphatic heterocycles. The fraction of sp³-hybridized carbons (Fsp3) is 0.400. The summed E-state index contributed by atoms with van der Waals surface area (Å²) in [6, 6.07) is 3.00. The molecule has 0 heterocycles. The van der Waals surface area contributed by atoms with Crippen molar-refractivity contribution in [1.29, 1.82) is 0 Å². The second-order valence-corrected chi connectivity index (χ2v) is 3.78. The zero-order chi connectivity index (χ0) is 12.3. The van der Waals surface area contributed by atoms with Gasteiger partial charge >= 0.3 is 6.18 Å². The standard InChI is InChI=1S/C10H10ClF4N.ClH/c11-9-6(2-1-3-7(9)12)8(16)4-5-10(13,14)15;/h1-3,8H,4-5,16H2;1H/t8-;/m1./s1. The van der Waals surface area contributed by atoms with Crippen LogP contribution in [0.4, 0.5) is 17.6 Å². The molecule has 0 radical (unpaired) electrons. The van der Waals surface area contributed by atoms with Crippen LogP contribution in [0, 0.1) is 5.82 Å². The molecule has 0 saturated carbocycles. The van der Waals surface area contributed by atoms with Crippen molar-refractivity contribution in [3.05, 3.63) is 34.6 Å². The third kappa shape index (κ3) is 5.10. The van der Waals surface area contributed by atoms with Gasteiger partial charge in [0, 0.05) is 12.5 Å². The van der Waals surface area contributed by atoms with E-state index in [2.05, 4.69) is 0 Å². The van der Waals surface area contributed by atoms with Crippen LogP contribution in [0.2, 0.25) is 5.02 Å². The molecule has 1 rings (SSSR count). The predicted octanol–water partition coefficient (Wildman–Crippen LogP) is 4.24. The Morgan fingerprint density at radius 3 is 2.41 bits per heavy atom. The molecule has 17 heavy (non-hydrogen) atoms. The van der Waals surface area contributed by atoms with E-state index in [0.717, 1.165) is 6.07 Å². The van der Waals surface area contributed by atoms with Crippen molar-refractivity contribution < 1.29 is 17.6 Å². The monoisotopic (exact) mass is 291 g/mol. The zero-order valence-electron chi connectivity index (χ0n) is 8.60. The molecule has 1 nitrogen and oxygen atoms in total. The summed E-state index contributed by atoms with van der Waals surface area (Å²) in [5.41, 5.74) is 5.72. The van der Waals surface area contributed by atoms with Crippen LogP contribution in [0.15, 0.2) is 18.2 Å². The second-order valence-electron chi connectivity index (χ2n) is 3.40. The van der Waals surface area contributed by atoms with Gasteiger partial charge in [0.05, 0.1) is 5.02 Å². The lowest BCUT2D eigenvalue weighted by Crippen LogP contribution is -2.16. The minimum Gasteiger partial charge on any atom is -0.324 e. The van der Waals surface area contributed by atoms with Crippen LogP contribution in [0.5, 0.6) is 0 Å². The lowest BCUT2D eigenvalue weighted by Gasteiger charge is -2.15. The Morgan fingerprint density at radius 1 is 1.29 bits per heavy atom. The summed E-state index contributed by atoms with van der Waals surface area (Å²) in [5, 5.41) is -0.211. The number of halogens is 6. The molecular formula is C10H11Cl2F4N. The number of hydrogen-bond donors (Lipinski definition) is 1. The highest BCUT2D eigenvalue weighted by molar-refractivity contribution is 6.31. The molecule has 0 fully saturated rings. The third-order valence-electron chi connectivity index (χ3n) is 2.12. The van der Waals surface area contributed by atoms with E-state index in [1.54, 1.807) is 0 Å². The minimum atomic E-state index is -4.27. The van der Waals surface area contributed by atoms with E-state index in [9.17, 15) is 17.6 Å². The van der Waals surface area contributed by atoms with Gasteiger partial charge in [-0.05, 0) is 18.1 Å². The molecule has 0 spiro atoms. The van der Waals surface area contributed by atoms with Crippen molar-refractivity contribution in [3.63, 3.8) is 0 Å². The van der Waals surface area contributed by atoms with Gasteiger partial charge in [0.2, 0.25) is 0 Å². The molecule has 98 valence electrons. The molecule has 0 unspecified atom stereocenters. The van der Waals surface area contributed by atoms with Gasteiger partial charge in [0.25, 0.3) is 0 Å². The molecule has 0 aromatic heterocycles. The lowest BCUT2D eigenvalue weighted by molar-refractivity contribution is -0.136. The molecule has 0 bridgehead atoms. The SMILES string of the molecule is Cl.N[C@H](CCC(F)(F)F)c1cccc(F)c1Cl. The zero-order valence-corrected chi connectivity index (χ0v) is 10.2. The Balaban J connectivity index is 0.00000256. The second kappa shape index (κ2) is 6.42. The Hall–Kier alpha value is -0.520. The molecule has 1 aromatic rings. The van der Waals surface area contributed by atoms with Crippen LogP contribution >= 0.6 is 24.0 Å². The van der Waals surface area contributed by atoms with Gasteiger partial charge < -0.3 is 5.73 Å². The number of rotatable bonds is 3. The molecule has 0 amide bonds. The van der Waals surface area contributed by atoms with Crippen molar-refractivity contribution >= 4 is 24.0 Å². The Labute approximate surface area is 107 Å². The van der Waals surface area contributed by atoms with Crippen LogP contribution < -0.4 is 5.73 Å². The van der Waals surface area contributed by atoms with Crippen molar-refractivity contribution in [2.75, 3.05) is 0 Å². The van der Waals surface area contributed by atoms with E-state index in [1.165, 1.54) is 12.1 Å². The maximum atomic E-state index is 13.0. The first kappa shape index (κ1) is 16.5. The average Bonchev–Trinajstić information content (AvgIpc) is 2.17. The van der Waals surface area contributed by atoms with Crippen LogP contribution in [-0.4, -0.2) is 6.18 Å². The van der Waals surface area contributed by atoms with E-state index in [-0.39, 0.29) is 29.4 Å². The van der Waals surface area contributed by atoms with Gasteiger partial charge in [-0.25, -0.2) is 4.39 Å². The summed E-state index contributed by atoms with van der Waals surface area (Å²) >= 11 is 5.60. The fourth-order valence-corrected chi connectivity index (χ4v) is 1.55. The van der Waals surface area contributed by atoms with Crippen molar-refractivity contribution in [3.8, 4) is 0 Å². The van der Waals surface area contributed by atoms with Crippen LogP contribution in [-0.2, 0) is 0 Å². The van der Waals surface area contributed by atoms with E-state index < -0.39 is 24.5 Å². The summed E-state index contributed by atoms with van der Waals surface area (Å²) in [4.78, 5) is 0. The molecule has 2 N–H and O–H groups in total. The fourth-order valence-electron chi connectivity index (χ4n) is 1.28. The number of benzene rings is 1. The largest absolute Gasteiger partial charge is 0.389 e. The third-order valence-corrected chi connectivity index (χ3v) is 2.52. The van der Waals surface area contributed by atoms with Crippen molar-refractivity contribution in [1.82, 2.24) is 0 Å². The first-order valence-corrected chi connectivity index (χ1v) is 4.95. The van der Waals surface area contributed by atoms with Crippen molar-refractivity contribution in [2.45, 2.75) is 25.1 Å². The molecule has 0 aliphatic rings. The highest BCUT2D eigenvalue weighted by Gasteiger charge is 2.28. The minimum absolute atomic E-state index is 0. The van der Waals surface area contributed by atoms with E-state index >= 15 is 0 Å². The number of hydrogen-bond acceptors (Lipinski definition) is 1. The molecule has 1 aromatic carbocycles. The number of nitrogens with two attached hydrogens (primary N) is 1. The summed E-state index contributed by atoms with van der Waals surface area (Å²) in [6.07, 6.45) is -5.59. The number of alkyl halides is 3. The maximum Gasteiger partial charge on any atom is 0.389 e. The predicted molar refractivity (Wildman–Crippen MR) is 60.9 cm³/mol. The van der Waals surface area contributed by atoms with Gasteiger partial charge in [0.1, 0.15) is 5.82 Å². The molecular weight excluding hydrogens is 281 g/mol. The van der Waals surface area contributed by atoms with Gasteiger partial charge in [-0.3, -0.25) is 0 Å². The summed E-state index contributed by atoms with van der Waals surface area (Å²) in [5.74, 6) is -0.679. The smallest absolute Gasteiger partial charge is 0.324 e. The average molecular weight is 292 g/mol. The van der Waals surface area contributed by atoms with E-state index in [4.69, 9.17) is 17.3 Å². The Bertz CT molecular complexity index is 368. The first-order chi connectivity index (χ1) is 7.31. The molecule has 7 heteroatoms. The Kier molecular flexibility index (Phi) is 6.23. The van der Waals surface area contributed by atoms with Crippen molar-refractivity contribution in [2.24, 2.45) is 5.73 Å². The van der Waals surface area contributed by atoms with Crippen LogP contribution in [0.3, 0.4) is 0 Å². The lowest BCUT2D eigenvalue weighted by atomic mass is 10.0. The van der Waals surface area contributed by atoms with Crippen LogP contribution in [0.1, 0.15) is 24.4 Å². The molecule has 0 saturated heterocycles. The quantitative estimate of drug-likeness (QED) is 0.828. The summed E-state index contributed by atoms with van der Waals surface area (Å²) in [6.45, 7) is 0. The first-order valence-electron chi connectivity index (χ1n) is 4.57. The van der Waals surface area contributed by atoms with Gasteiger partial charge in [-0.2, -0.15) is 13.2 Å². The van der Waals surface area contributed by atoms with Gasteiger partial charge in [0.15, 0.2) is 0 Å². The van der Waals surface area contributed by atoms with Crippen LogP contribution in [0.25, 0.3) is 0 Å². The maximum absolute atomic E-state index is 13.0. The molecule has 0 aliphatic carbocycles. The summed E-state index contributed by atoms with van der Waals surface area (Å²) < 4.78 is 48.9. The van der Waals surface area contributed by atoms with E-state index in [1.807, 2.05) is 0 Å². The van der Waals surface area contributed by atoms with E-state index in [0.29, 0.717) is 0 Å².